The summed E-state index contributed by atoms with van der Waals surface area (Å²) >= 11 is 1.71. The number of anilines is 1. The maximum atomic E-state index is 13.7. The zero-order valence-corrected chi connectivity index (χ0v) is 16.6. The van der Waals surface area contributed by atoms with Crippen LogP contribution in [-0.2, 0) is 11.3 Å². The third-order valence-corrected chi connectivity index (χ3v) is 6.30. The van der Waals surface area contributed by atoms with Crippen LogP contribution in [0.4, 0.5) is 9.52 Å². The largest absolute Gasteiger partial charge is 0.351 e. The van der Waals surface area contributed by atoms with Crippen molar-refractivity contribution in [3.63, 3.8) is 0 Å². The fourth-order valence-corrected chi connectivity index (χ4v) is 4.45. The molecule has 1 fully saturated rings. The Morgan fingerprint density at radius 2 is 1.86 bits per heavy atom. The molecule has 1 N–H and O–H groups in total. The number of hydrogen-bond donors (Lipinski definition) is 1. The minimum atomic E-state index is -0.292. The molecular weight excluding hydrogens is 375 g/mol. The number of amides is 1. The van der Waals surface area contributed by atoms with Crippen molar-refractivity contribution in [2.24, 2.45) is 0 Å². The molecule has 4 rings (SSSR count). The number of carbonyl (C=O) groups excluding carboxylic acids is 1. The number of para-hydroxylation sites is 1. The van der Waals surface area contributed by atoms with Gasteiger partial charge in [-0.1, -0.05) is 41.7 Å². The first kappa shape index (κ1) is 18.8. The maximum Gasteiger partial charge on any atom is 0.237 e. The first-order chi connectivity index (χ1) is 13.6. The molecule has 146 valence electrons. The van der Waals surface area contributed by atoms with Crippen molar-refractivity contribution >= 4 is 32.6 Å². The van der Waals surface area contributed by atoms with Crippen LogP contribution < -0.4 is 10.2 Å². The van der Waals surface area contributed by atoms with E-state index in [0.717, 1.165) is 36.8 Å². The third-order valence-electron chi connectivity index (χ3n) is 5.21. The number of nitrogens with zero attached hydrogens (tertiary/aromatic N) is 3. The molecular formula is C21H23FN4OS. The molecule has 0 bridgehead atoms. The SMILES string of the molecule is CC(C(=O)NCc1ccccc1F)N1CCN(c2nc3ccccc3s2)CC1. The van der Waals surface area contributed by atoms with Crippen molar-refractivity contribution in [1.29, 1.82) is 0 Å². The lowest BCUT2D eigenvalue weighted by molar-refractivity contribution is -0.126. The third kappa shape index (κ3) is 4.00. The predicted molar refractivity (Wildman–Crippen MR) is 111 cm³/mol. The molecule has 1 aliphatic rings. The van der Waals surface area contributed by atoms with E-state index in [0.29, 0.717) is 5.56 Å². The summed E-state index contributed by atoms with van der Waals surface area (Å²) < 4.78 is 14.9. The normalized spacial score (nSPS) is 16.3. The van der Waals surface area contributed by atoms with Gasteiger partial charge in [-0.2, -0.15) is 0 Å². The topological polar surface area (TPSA) is 48.5 Å². The number of carbonyl (C=O) groups is 1. The van der Waals surface area contributed by atoms with Crippen LogP contribution in [0.2, 0.25) is 0 Å². The van der Waals surface area contributed by atoms with Gasteiger partial charge in [0.25, 0.3) is 0 Å². The Bertz CT molecular complexity index is 935. The zero-order chi connectivity index (χ0) is 19.5. The van der Waals surface area contributed by atoms with Gasteiger partial charge in [0, 0.05) is 38.3 Å². The van der Waals surface area contributed by atoms with E-state index in [1.165, 1.54) is 10.8 Å². The molecule has 1 aliphatic heterocycles. The van der Waals surface area contributed by atoms with Gasteiger partial charge in [0.05, 0.1) is 16.3 Å². The van der Waals surface area contributed by atoms with E-state index in [9.17, 15) is 9.18 Å². The second kappa shape index (κ2) is 8.24. The summed E-state index contributed by atoms with van der Waals surface area (Å²) in [7, 11) is 0. The smallest absolute Gasteiger partial charge is 0.237 e. The van der Waals surface area contributed by atoms with E-state index in [1.807, 2.05) is 25.1 Å². The van der Waals surface area contributed by atoms with Gasteiger partial charge in [-0.15, -0.1) is 0 Å². The van der Waals surface area contributed by atoms with Gasteiger partial charge in [-0.3, -0.25) is 9.69 Å². The molecule has 2 aromatic carbocycles. The van der Waals surface area contributed by atoms with Crippen molar-refractivity contribution in [2.75, 3.05) is 31.1 Å². The molecule has 28 heavy (non-hydrogen) atoms. The Balaban J connectivity index is 1.31. The second-order valence-electron chi connectivity index (χ2n) is 6.97. The van der Waals surface area contributed by atoms with Crippen LogP contribution in [0.25, 0.3) is 10.2 Å². The van der Waals surface area contributed by atoms with Crippen LogP contribution in [0.1, 0.15) is 12.5 Å². The molecule has 0 radical (unpaired) electrons. The number of hydrogen-bond acceptors (Lipinski definition) is 5. The van der Waals surface area contributed by atoms with Crippen molar-refractivity contribution in [3.05, 3.63) is 59.9 Å². The molecule has 0 saturated carbocycles. The first-order valence-electron chi connectivity index (χ1n) is 9.47. The number of benzene rings is 2. The van der Waals surface area contributed by atoms with E-state index < -0.39 is 0 Å². The zero-order valence-electron chi connectivity index (χ0n) is 15.8. The number of thiazole rings is 1. The minimum absolute atomic E-state index is 0.0725. The number of halogens is 1. The first-order valence-corrected chi connectivity index (χ1v) is 10.3. The lowest BCUT2D eigenvalue weighted by Gasteiger charge is -2.37. The predicted octanol–water partition coefficient (Wildman–Crippen LogP) is 3.26. The summed E-state index contributed by atoms with van der Waals surface area (Å²) in [6.45, 7) is 5.38. The summed E-state index contributed by atoms with van der Waals surface area (Å²) in [6, 6.07) is 14.4. The van der Waals surface area contributed by atoms with Crippen LogP contribution in [0.15, 0.2) is 48.5 Å². The van der Waals surface area contributed by atoms with Crippen LogP contribution in [0.3, 0.4) is 0 Å². The maximum absolute atomic E-state index is 13.7. The quantitative estimate of drug-likeness (QED) is 0.717. The second-order valence-corrected chi connectivity index (χ2v) is 7.98. The summed E-state index contributed by atoms with van der Waals surface area (Å²) in [6.07, 6.45) is 0. The van der Waals surface area contributed by atoms with Gasteiger partial charge in [-0.25, -0.2) is 9.37 Å². The van der Waals surface area contributed by atoms with Crippen LogP contribution in [0, 0.1) is 5.82 Å². The van der Waals surface area contributed by atoms with E-state index in [1.54, 1.807) is 29.5 Å². The van der Waals surface area contributed by atoms with Gasteiger partial charge in [0.1, 0.15) is 5.82 Å². The molecule has 1 atom stereocenters. The molecule has 1 aromatic heterocycles. The van der Waals surface area contributed by atoms with Gasteiger partial charge in [0.15, 0.2) is 5.13 Å². The summed E-state index contributed by atoms with van der Waals surface area (Å²) in [5.74, 6) is -0.364. The van der Waals surface area contributed by atoms with E-state index in [4.69, 9.17) is 4.98 Å². The van der Waals surface area contributed by atoms with E-state index in [2.05, 4.69) is 21.2 Å². The van der Waals surface area contributed by atoms with Crippen LogP contribution in [0.5, 0.6) is 0 Å². The van der Waals surface area contributed by atoms with E-state index in [-0.39, 0.29) is 24.3 Å². The molecule has 1 saturated heterocycles. The molecule has 1 amide bonds. The van der Waals surface area contributed by atoms with Crippen molar-refractivity contribution in [3.8, 4) is 0 Å². The Morgan fingerprint density at radius 1 is 1.14 bits per heavy atom. The lowest BCUT2D eigenvalue weighted by Crippen LogP contribution is -2.53. The van der Waals surface area contributed by atoms with Crippen LogP contribution >= 0.6 is 11.3 Å². The minimum Gasteiger partial charge on any atom is -0.351 e. The highest BCUT2D eigenvalue weighted by molar-refractivity contribution is 7.22. The van der Waals surface area contributed by atoms with Gasteiger partial charge < -0.3 is 10.2 Å². The Hall–Kier alpha value is -2.51. The number of fused-ring (bicyclic) bond motifs is 1. The average Bonchev–Trinajstić information content (AvgIpc) is 3.17. The fraction of sp³-hybridized carbons (Fsp3) is 0.333. The average molecular weight is 399 g/mol. The number of aromatic nitrogens is 1. The lowest BCUT2D eigenvalue weighted by atomic mass is 10.2. The molecule has 1 unspecified atom stereocenters. The molecule has 0 spiro atoms. The molecule has 7 heteroatoms. The molecule has 5 nitrogen and oxygen atoms in total. The number of nitrogens with one attached hydrogen (secondary N) is 1. The number of piperazine rings is 1. The monoisotopic (exact) mass is 398 g/mol. The van der Waals surface area contributed by atoms with Gasteiger partial charge in [-0.05, 0) is 25.1 Å². The fourth-order valence-electron chi connectivity index (χ4n) is 3.43. The summed E-state index contributed by atoms with van der Waals surface area (Å²) in [5.41, 5.74) is 1.54. The van der Waals surface area contributed by atoms with Gasteiger partial charge >= 0.3 is 0 Å². The number of rotatable bonds is 5. The standard InChI is InChI=1S/C21H23FN4OS/c1-15(20(27)23-14-16-6-2-3-7-17(16)22)25-10-12-26(13-11-25)21-24-18-8-4-5-9-19(18)28-21/h2-9,15H,10-14H2,1H3,(H,23,27). The van der Waals surface area contributed by atoms with Crippen molar-refractivity contribution in [2.45, 2.75) is 19.5 Å². The molecule has 0 aliphatic carbocycles. The Morgan fingerprint density at radius 3 is 2.61 bits per heavy atom. The molecule has 2 heterocycles. The highest BCUT2D eigenvalue weighted by Crippen LogP contribution is 2.29. The highest BCUT2D eigenvalue weighted by Gasteiger charge is 2.26. The van der Waals surface area contributed by atoms with Crippen LogP contribution in [-0.4, -0.2) is 48.0 Å². The highest BCUT2D eigenvalue weighted by atomic mass is 32.1. The van der Waals surface area contributed by atoms with Crippen molar-refractivity contribution in [1.82, 2.24) is 15.2 Å². The summed E-state index contributed by atoms with van der Waals surface area (Å²) in [5, 5.41) is 3.89. The molecule has 3 aromatic rings. The van der Waals surface area contributed by atoms with Gasteiger partial charge in [0.2, 0.25) is 5.91 Å². The Kier molecular flexibility index (Phi) is 5.54. The van der Waals surface area contributed by atoms with Crippen molar-refractivity contribution < 1.29 is 9.18 Å². The summed E-state index contributed by atoms with van der Waals surface area (Å²) in [4.78, 5) is 21.7. The van der Waals surface area contributed by atoms with E-state index >= 15 is 0 Å². The Labute approximate surface area is 167 Å².